The molecule has 0 aliphatic rings. The van der Waals surface area contributed by atoms with Gasteiger partial charge in [0.25, 0.3) is 5.91 Å². The lowest BCUT2D eigenvalue weighted by Crippen LogP contribution is -2.34. The Kier molecular flexibility index (Phi) is 4.64. The van der Waals surface area contributed by atoms with Gasteiger partial charge in [0, 0.05) is 24.7 Å². The molecule has 1 atom stereocenters. The molecule has 5 heteroatoms. The summed E-state index contributed by atoms with van der Waals surface area (Å²) in [5, 5.41) is 7.14. The lowest BCUT2D eigenvalue weighted by atomic mass is 10.1. The van der Waals surface area contributed by atoms with E-state index in [9.17, 15) is 9.59 Å². The number of nitrogens with one attached hydrogen (secondary N) is 1. The second kappa shape index (κ2) is 5.80. The maximum Gasteiger partial charge on any atom is 0.255 e. The SMILES string of the molecule is CCn1nc(C)c(C(=O)NC(C)CC(C)=O)c1C. The fraction of sp³-hybridized carbons (Fsp3) is 0.615. The van der Waals surface area contributed by atoms with Crippen LogP contribution in [0.1, 0.15) is 48.9 Å². The van der Waals surface area contributed by atoms with E-state index in [0.29, 0.717) is 12.0 Å². The van der Waals surface area contributed by atoms with Crippen molar-refractivity contribution in [2.75, 3.05) is 0 Å². The Morgan fingerprint density at radius 3 is 2.44 bits per heavy atom. The monoisotopic (exact) mass is 251 g/mol. The third-order valence-electron chi connectivity index (χ3n) is 2.88. The van der Waals surface area contributed by atoms with Crippen molar-refractivity contribution in [1.82, 2.24) is 15.1 Å². The summed E-state index contributed by atoms with van der Waals surface area (Å²) in [4.78, 5) is 23.1. The maximum atomic E-state index is 12.1. The topological polar surface area (TPSA) is 64.0 Å². The van der Waals surface area contributed by atoms with Gasteiger partial charge in [0.2, 0.25) is 0 Å². The lowest BCUT2D eigenvalue weighted by molar-refractivity contribution is -0.117. The summed E-state index contributed by atoms with van der Waals surface area (Å²) in [5.41, 5.74) is 2.21. The van der Waals surface area contributed by atoms with Gasteiger partial charge < -0.3 is 5.32 Å². The summed E-state index contributed by atoms with van der Waals surface area (Å²) in [6, 6.07) is -0.154. The Labute approximate surface area is 108 Å². The van der Waals surface area contributed by atoms with E-state index in [1.165, 1.54) is 6.92 Å². The molecule has 1 heterocycles. The number of nitrogens with zero attached hydrogens (tertiary/aromatic N) is 2. The number of hydrogen-bond acceptors (Lipinski definition) is 3. The first-order valence-corrected chi connectivity index (χ1v) is 6.21. The minimum absolute atomic E-state index is 0.0699. The molecule has 0 bridgehead atoms. The van der Waals surface area contributed by atoms with Crippen LogP contribution in [0.2, 0.25) is 0 Å². The number of carbonyl (C=O) groups excluding carboxylic acids is 2. The third-order valence-corrected chi connectivity index (χ3v) is 2.88. The number of ketones is 1. The number of amides is 1. The molecular weight excluding hydrogens is 230 g/mol. The van der Waals surface area contributed by atoms with Gasteiger partial charge >= 0.3 is 0 Å². The fourth-order valence-electron chi connectivity index (χ4n) is 2.11. The van der Waals surface area contributed by atoms with E-state index in [-0.39, 0.29) is 17.7 Å². The van der Waals surface area contributed by atoms with Crippen molar-refractivity contribution in [2.45, 2.75) is 53.6 Å². The van der Waals surface area contributed by atoms with Crippen LogP contribution in [-0.2, 0) is 11.3 Å². The molecule has 5 nitrogen and oxygen atoms in total. The van der Waals surface area contributed by atoms with Crippen molar-refractivity contribution in [3.8, 4) is 0 Å². The van der Waals surface area contributed by atoms with Gasteiger partial charge in [0.05, 0.1) is 11.3 Å². The van der Waals surface area contributed by atoms with Gasteiger partial charge in [-0.3, -0.25) is 14.3 Å². The number of aromatic nitrogens is 2. The van der Waals surface area contributed by atoms with Crippen molar-refractivity contribution in [2.24, 2.45) is 0 Å². The van der Waals surface area contributed by atoms with Gasteiger partial charge in [-0.05, 0) is 34.6 Å². The molecule has 1 aromatic rings. The number of rotatable bonds is 5. The van der Waals surface area contributed by atoms with Crippen molar-refractivity contribution in [1.29, 1.82) is 0 Å². The van der Waals surface area contributed by atoms with Crippen molar-refractivity contribution in [3.05, 3.63) is 17.0 Å². The molecular formula is C13H21N3O2. The summed E-state index contributed by atoms with van der Waals surface area (Å²) in [6.07, 6.45) is 0.353. The Morgan fingerprint density at radius 2 is 2.00 bits per heavy atom. The van der Waals surface area contributed by atoms with E-state index >= 15 is 0 Å². The summed E-state index contributed by atoms with van der Waals surface area (Å²) in [5.74, 6) is -0.0843. The highest BCUT2D eigenvalue weighted by atomic mass is 16.2. The van der Waals surface area contributed by atoms with Crippen LogP contribution in [0.5, 0.6) is 0 Å². The van der Waals surface area contributed by atoms with Crippen LogP contribution in [0, 0.1) is 13.8 Å². The van der Waals surface area contributed by atoms with Crippen molar-refractivity contribution >= 4 is 11.7 Å². The molecule has 0 fully saturated rings. The standard InChI is InChI=1S/C13H21N3O2/c1-6-16-11(5)12(10(4)15-16)13(18)14-8(2)7-9(3)17/h8H,6-7H2,1-5H3,(H,14,18). The molecule has 0 aliphatic carbocycles. The number of hydrogen-bond donors (Lipinski definition) is 1. The zero-order valence-electron chi connectivity index (χ0n) is 11.7. The highest BCUT2D eigenvalue weighted by Gasteiger charge is 2.19. The highest BCUT2D eigenvalue weighted by Crippen LogP contribution is 2.13. The summed E-state index contributed by atoms with van der Waals surface area (Å²) >= 11 is 0. The van der Waals surface area contributed by atoms with Crippen LogP contribution in [0.25, 0.3) is 0 Å². The summed E-state index contributed by atoms with van der Waals surface area (Å²) in [6.45, 7) is 9.78. The molecule has 1 amide bonds. The second-order valence-electron chi connectivity index (χ2n) is 4.64. The molecule has 0 aromatic carbocycles. The summed E-state index contributed by atoms with van der Waals surface area (Å²) < 4.78 is 1.81. The van der Waals surface area contributed by atoms with Gasteiger partial charge in [0.1, 0.15) is 5.78 Å². The van der Waals surface area contributed by atoms with Crippen LogP contribution in [0.15, 0.2) is 0 Å². The molecule has 0 saturated carbocycles. The molecule has 100 valence electrons. The molecule has 1 unspecified atom stereocenters. The van der Waals surface area contributed by atoms with Crippen LogP contribution in [0.3, 0.4) is 0 Å². The van der Waals surface area contributed by atoms with Gasteiger partial charge in [0.15, 0.2) is 0 Å². The Balaban J connectivity index is 2.84. The van der Waals surface area contributed by atoms with E-state index in [1.807, 2.05) is 27.7 Å². The first-order valence-electron chi connectivity index (χ1n) is 6.21. The zero-order chi connectivity index (χ0) is 13.9. The molecule has 0 radical (unpaired) electrons. The predicted molar refractivity (Wildman–Crippen MR) is 69.6 cm³/mol. The van der Waals surface area contributed by atoms with E-state index in [0.717, 1.165) is 17.9 Å². The Hall–Kier alpha value is -1.65. The van der Waals surface area contributed by atoms with Gasteiger partial charge in [-0.1, -0.05) is 0 Å². The molecule has 1 N–H and O–H groups in total. The Morgan fingerprint density at radius 1 is 1.39 bits per heavy atom. The fourth-order valence-corrected chi connectivity index (χ4v) is 2.11. The van der Waals surface area contributed by atoms with Gasteiger partial charge in [-0.15, -0.1) is 0 Å². The number of Topliss-reactive ketones (excluding diaryl/α,β-unsaturated/α-hetero) is 1. The number of aryl methyl sites for hydroxylation is 2. The second-order valence-corrected chi connectivity index (χ2v) is 4.64. The van der Waals surface area contributed by atoms with Crippen LogP contribution >= 0.6 is 0 Å². The van der Waals surface area contributed by atoms with E-state index < -0.39 is 0 Å². The molecule has 0 spiro atoms. The maximum absolute atomic E-state index is 12.1. The van der Waals surface area contributed by atoms with Crippen LogP contribution in [0.4, 0.5) is 0 Å². The first kappa shape index (κ1) is 14.4. The predicted octanol–water partition coefficient (Wildman–Crippen LogP) is 1.62. The van der Waals surface area contributed by atoms with Crippen LogP contribution < -0.4 is 5.32 Å². The number of carbonyl (C=O) groups is 2. The molecule has 1 aromatic heterocycles. The molecule has 18 heavy (non-hydrogen) atoms. The van der Waals surface area contributed by atoms with E-state index in [1.54, 1.807) is 4.68 Å². The van der Waals surface area contributed by atoms with E-state index in [2.05, 4.69) is 10.4 Å². The molecule has 0 aliphatic heterocycles. The smallest absolute Gasteiger partial charge is 0.255 e. The van der Waals surface area contributed by atoms with Crippen molar-refractivity contribution < 1.29 is 9.59 Å². The minimum atomic E-state index is -0.154. The molecule has 0 saturated heterocycles. The van der Waals surface area contributed by atoms with E-state index in [4.69, 9.17) is 0 Å². The normalized spacial score (nSPS) is 12.3. The van der Waals surface area contributed by atoms with Crippen LogP contribution in [-0.4, -0.2) is 27.5 Å². The third kappa shape index (κ3) is 3.18. The first-order chi connectivity index (χ1) is 8.36. The van der Waals surface area contributed by atoms with Gasteiger partial charge in [-0.2, -0.15) is 5.10 Å². The largest absolute Gasteiger partial charge is 0.349 e. The lowest BCUT2D eigenvalue weighted by Gasteiger charge is -2.12. The van der Waals surface area contributed by atoms with Gasteiger partial charge in [-0.25, -0.2) is 0 Å². The average Bonchev–Trinajstić information content (AvgIpc) is 2.52. The summed E-state index contributed by atoms with van der Waals surface area (Å²) in [7, 11) is 0. The molecule has 1 rings (SSSR count). The average molecular weight is 251 g/mol. The van der Waals surface area contributed by atoms with Crippen molar-refractivity contribution in [3.63, 3.8) is 0 Å². The zero-order valence-corrected chi connectivity index (χ0v) is 11.7. The Bertz CT molecular complexity index is 463. The quantitative estimate of drug-likeness (QED) is 0.864. The minimum Gasteiger partial charge on any atom is -0.349 e. The highest BCUT2D eigenvalue weighted by molar-refractivity contribution is 5.96.